The van der Waals surface area contributed by atoms with Crippen molar-refractivity contribution in [2.24, 2.45) is 4.99 Å². The molecule has 22 heavy (non-hydrogen) atoms. The van der Waals surface area contributed by atoms with Gasteiger partial charge in [-0.1, -0.05) is 39.7 Å². The molecule has 122 valence electrons. The molecule has 0 heterocycles. The molecule has 1 aliphatic rings. The van der Waals surface area contributed by atoms with Crippen molar-refractivity contribution in [2.45, 2.75) is 64.8 Å². The molecule has 1 aromatic rings. The number of phenols is 1. The van der Waals surface area contributed by atoms with E-state index in [0.717, 1.165) is 11.1 Å². The molecule has 0 unspecified atom stereocenters. The third kappa shape index (κ3) is 6.34. The maximum atomic E-state index is 10.4. The molecule has 1 aliphatic carbocycles. The van der Waals surface area contributed by atoms with Gasteiger partial charge in [0.1, 0.15) is 5.75 Å². The quantitative estimate of drug-likeness (QED) is 0.607. The first-order chi connectivity index (χ1) is 10.3. The Morgan fingerprint density at radius 2 is 1.77 bits per heavy atom. The van der Waals surface area contributed by atoms with Crippen molar-refractivity contribution >= 4 is 23.2 Å². The van der Waals surface area contributed by atoms with Gasteiger partial charge in [-0.25, -0.2) is 0 Å². The second-order valence-corrected chi connectivity index (χ2v) is 10.5. The average Bonchev–Trinajstić information content (AvgIpc) is 2.92. The van der Waals surface area contributed by atoms with Gasteiger partial charge in [0.25, 0.3) is 0 Å². The van der Waals surface area contributed by atoms with E-state index in [4.69, 9.17) is 17.0 Å². The summed E-state index contributed by atoms with van der Waals surface area (Å²) in [6, 6.07) is 4.55. The molecule has 2 rings (SSSR count). The molecule has 0 bridgehead atoms. The van der Waals surface area contributed by atoms with Crippen LogP contribution in [0.15, 0.2) is 17.1 Å². The molecule has 0 aliphatic heterocycles. The molecule has 1 fully saturated rings. The van der Waals surface area contributed by atoms with Crippen LogP contribution in [-0.2, 0) is 26.3 Å². The van der Waals surface area contributed by atoms with E-state index in [1.54, 1.807) is 0 Å². The number of halogens is 2. The Hall–Kier alpha value is 0.153. The summed E-state index contributed by atoms with van der Waals surface area (Å²) < 4.78 is 0. The summed E-state index contributed by atoms with van der Waals surface area (Å²) in [6.45, 7) is 8.44. The number of hydrogen-bond donors (Lipinski definition) is 1. The first-order valence-electron chi connectivity index (χ1n) is 7.63. The number of aliphatic imine (C=N–C) groups is 1. The van der Waals surface area contributed by atoms with Crippen LogP contribution in [0.2, 0.25) is 0 Å². The number of hydrogen-bond acceptors (Lipinski definition) is 2. The van der Waals surface area contributed by atoms with Gasteiger partial charge in [-0.05, 0) is 36.8 Å². The third-order valence-electron chi connectivity index (χ3n) is 3.84. The van der Waals surface area contributed by atoms with Crippen molar-refractivity contribution in [3.8, 4) is 5.75 Å². The van der Waals surface area contributed by atoms with Gasteiger partial charge >= 0.3 is 37.9 Å². The van der Waals surface area contributed by atoms with Crippen LogP contribution in [0.1, 0.15) is 63.1 Å². The van der Waals surface area contributed by atoms with E-state index in [1.165, 1.54) is 31.2 Å². The Kier molecular flexibility index (Phi) is 8.68. The maximum absolute atomic E-state index is 10.4. The molecule has 0 amide bonds. The molecule has 1 saturated carbocycles. The van der Waals surface area contributed by atoms with Crippen LogP contribution < -0.4 is 0 Å². The van der Waals surface area contributed by atoms with Crippen LogP contribution >= 0.6 is 17.0 Å². The number of phenolic OH excluding ortho intramolecular Hbond substituents is 1. The van der Waals surface area contributed by atoms with Gasteiger partial charge in [0.05, 0.1) is 0 Å². The summed E-state index contributed by atoms with van der Waals surface area (Å²) in [7, 11) is 9.87. The zero-order chi connectivity index (χ0) is 16.8. The molecule has 0 aromatic heterocycles. The molecule has 1 aromatic carbocycles. The summed E-state index contributed by atoms with van der Waals surface area (Å²) in [6.07, 6.45) is 6.82. The summed E-state index contributed by atoms with van der Waals surface area (Å²) >= 11 is -0.826. The number of rotatable bonds is 2. The average molecular weight is 422 g/mol. The Labute approximate surface area is 153 Å². The Balaban J connectivity index is 0.000000745. The topological polar surface area (TPSA) is 32.6 Å². The van der Waals surface area contributed by atoms with Gasteiger partial charge in [-0.2, -0.15) is 0 Å². The van der Waals surface area contributed by atoms with Crippen LogP contribution in [0.5, 0.6) is 5.75 Å². The molecule has 0 spiro atoms. The van der Waals surface area contributed by atoms with Crippen LogP contribution in [0.4, 0.5) is 0 Å². The van der Waals surface area contributed by atoms with Crippen molar-refractivity contribution in [1.82, 2.24) is 0 Å². The molecule has 2 nitrogen and oxygen atoms in total. The van der Waals surface area contributed by atoms with Crippen LogP contribution in [-0.4, -0.2) is 17.4 Å². The predicted octanol–water partition coefficient (Wildman–Crippen LogP) is 5.74. The van der Waals surface area contributed by atoms with Crippen molar-refractivity contribution in [3.05, 3.63) is 28.8 Å². The monoisotopic (exact) mass is 419 g/mol. The van der Waals surface area contributed by atoms with Gasteiger partial charge in [0.15, 0.2) is 0 Å². The molecule has 0 atom stereocenters. The molecule has 0 saturated heterocycles. The fraction of sp³-hybridized carbons (Fsp3) is 0.588. The summed E-state index contributed by atoms with van der Waals surface area (Å²) in [4.78, 5) is 4.63. The van der Waals surface area contributed by atoms with Gasteiger partial charge < -0.3 is 5.11 Å². The normalized spacial score (nSPS) is 15.7. The van der Waals surface area contributed by atoms with Crippen LogP contribution in [0.3, 0.4) is 0 Å². The second kappa shape index (κ2) is 9.45. The van der Waals surface area contributed by atoms with Gasteiger partial charge in [0.2, 0.25) is 0 Å². The van der Waals surface area contributed by atoms with Gasteiger partial charge in [0, 0.05) is 23.4 Å². The standard InChI is InChI=1S/C17H25NO.2ClH.Zr/c1-12-9-13(11-18-14-7-5-6-8-14)16(19)15(10-12)17(2,3)4;;;/h9-11,14,19H,5-8H2,1-4H3;2*1H;/q;;;+2/p-2. The second-order valence-electron chi connectivity index (χ2n) is 6.79. The number of benzene rings is 1. The van der Waals surface area contributed by atoms with E-state index in [9.17, 15) is 5.11 Å². The van der Waals surface area contributed by atoms with Crippen LogP contribution in [0.25, 0.3) is 0 Å². The van der Waals surface area contributed by atoms with Gasteiger partial charge in [-0.15, -0.1) is 0 Å². The number of aromatic hydroxyl groups is 1. The summed E-state index contributed by atoms with van der Waals surface area (Å²) in [5.41, 5.74) is 2.99. The van der Waals surface area contributed by atoms with Crippen molar-refractivity contribution in [1.29, 1.82) is 0 Å². The van der Waals surface area contributed by atoms with E-state index < -0.39 is 20.8 Å². The SMILES string of the molecule is Cc1cc(C=NC2CCCC2)c(O)c(C(C)(C)C)c1.[Cl][Zr][Cl]. The zero-order valence-electron chi connectivity index (χ0n) is 13.8. The fourth-order valence-corrected chi connectivity index (χ4v) is 2.72. The van der Waals surface area contributed by atoms with Crippen molar-refractivity contribution < 1.29 is 26.0 Å². The first kappa shape index (κ1) is 20.2. The number of nitrogens with zero attached hydrogens (tertiary/aromatic N) is 1. The third-order valence-corrected chi connectivity index (χ3v) is 3.84. The Morgan fingerprint density at radius 3 is 2.27 bits per heavy atom. The Morgan fingerprint density at radius 1 is 1.23 bits per heavy atom. The number of aryl methyl sites for hydroxylation is 1. The van der Waals surface area contributed by atoms with E-state index in [-0.39, 0.29) is 5.41 Å². The van der Waals surface area contributed by atoms with E-state index in [1.807, 2.05) is 12.3 Å². The molecule has 0 radical (unpaired) electrons. The zero-order valence-corrected chi connectivity index (χ0v) is 17.8. The predicted molar refractivity (Wildman–Crippen MR) is 93.1 cm³/mol. The van der Waals surface area contributed by atoms with E-state index in [2.05, 4.69) is 38.8 Å². The summed E-state index contributed by atoms with van der Waals surface area (Å²) in [5.74, 6) is 0.389. The minimum absolute atomic E-state index is 0.0496. The molecular formula is C17H25Cl2NOZr. The van der Waals surface area contributed by atoms with Crippen LogP contribution in [0, 0.1) is 6.92 Å². The van der Waals surface area contributed by atoms with Crippen molar-refractivity contribution in [3.63, 3.8) is 0 Å². The fourth-order valence-electron chi connectivity index (χ4n) is 2.72. The summed E-state index contributed by atoms with van der Waals surface area (Å²) in [5, 5.41) is 10.4. The van der Waals surface area contributed by atoms with E-state index >= 15 is 0 Å². The molecule has 5 heteroatoms. The first-order valence-corrected chi connectivity index (χ1v) is 14.0. The van der Waals surface area contributed by atoms with Crippen molar-refractivity contribution in [2.75, 3.05) is 0 Å². The molecular weight excluding hydrogens is 396 g/mol. The minimum atomic E-state index is -0.826. The van der Waals surface area contributed by atoms with E-state index in [0.29, 0.717) is 11.8 Å². The molecule has 1 N–H and O–H groups in total. The Bertz CT molecular complexity index is 506. The van der Waals surface area contributed by atoms with Gasteiger partial charge in [-0.3, -0.25) is 4.99 Å².